The zero-order valence-corrected chi connectivity index (χ0v) is 12.1. The highest BCUT2D eigenvalue weighted by Crippen LogP contribution is 2.21. The van der Waals surface area contributed by atoms with Crippen molar-refractivity contribution in [1.82, 2.24) is 14.7 Å². The molecule has 1 aliphatic heterocycles. The number of nitrogens with zero attached hydrogens (tertiary/aromatic N) is 3. The summed E-state index contributed by atoms with van der Waals surface area (Å²) in [6.07, 6.45) is 2.47. The molecule has 1 unspecified atom stereocenters. The molecule has 2 heterocycles. The fraction of sp³-hybridized carbons (Fsp3) is 0.375. The summed E-state index contributed by atoms with van der Waals surface area (Å²) in [5, 5.41) is 13.9. The summed E-state index contributed by atoms with van der Waals surface area (Å²) in [6, 6.07) is 9.33. The van der Waals surface area contributed by atoms with Gasteiger partial charge in [-0.1, -0.05) is 18.2 Å². The first-order valence-corrected chi connectivity index (χ1v) is 7.19. The average molecular weight is 285 g/mol. The number of aromatic nitrogens is 2. The van der Waals surface area contributed by atoms with E-state index >= 15 is 0 Å². The Labute approximate surface area is 123 Å². The molecule has 1 aromatic heterocycles. The third kappa shape index (κ3) is 2.56. The monoisotopic (exact) mass is 285 g/mol. The van der Waals surface area contributed by atoms with Crippen LogP contribution in [0.15, 0.2) is 36.5 Å². The van der Waals surface area contributed by atoms with Crippen LogP contribution in [0.4, 0.5) is 0 Å². The van der Waals surface area contributed by atoms with E-state index in [0.717, 1.165) is 17.8 Å². The Hall–Kier alpha value is -2.14. The van der Waals surface area contributed by atoms with E-state index in [2.05, 4.69) is 5.10 Å². The molecule has 0 fully saturated rings. The van der Waals surface area contributed by atoms with Gasteiger partial charge in [0.1, 0.15) is 0 Å². The number of aliphatic hydroxyl groups is 1. The second-order valence-electron chi connectivity index (χ2n) is 5.42. The van der Waals surface area contributed by atoms with Crippen LogP contribution in [0.3, 0.4) is 0 Å². The number of amides is 1. The molecule has 1 amide bonds. The van der Waals surface area contributed by atoms with Crippen LogP contribution in [0.5, 0.6) is 0 Å². The predicted octanol–water partition coefficient (Wildman–Crippen LogP) is 1.60. The number of hydrogen-bond donors (Lipinski definition) is 1. The molecule has 1 aromatic carbocycles. The van der Waals surface area contributed by atoms with E-state index in [-0.39, 0.29) is 18.6 Å². The maximum Gasteiger partial charge on any atom is 0.254 e. The molecule has 1 N–H and O–H groups in total. The van der Waals surface area contributed by atoms with Crippen molar-refractivity contribution < 1.29 is 9.90 Å². The number of aliphatic hydroxyl groups excluding tert-OH is 1. The van der Waals surface area contributed by atoms with Gasteiger partial charge in [-0.2, -0.15) is 5.10 Å². The smallest absolute Gasteiger partial charge is 0.254 e. The molecule has 0 saturated carbocycles. The van der Waals surface area contributed by atoms with Gasteiger partial charge in [-0.15, -0.1) is 0 Å². The third-order valence-corrected chi connectivity index (χ3v) is 4.10. The molecule has 0 radical (unpaired) electrons. The van der Waals surface area contributed by atoms with E-state index in [4.69, 9.17) is 0 Å². The van der Waals surface area contributed by atoms with Crippen LogP contribution in [-0.2, 0) is 13.1 Å². The molecule has 110 valence electrons. The molecule has 3 rings (SSSR count). The maximum atomic E-state index is 12.9. The predicted molar refractivity (Wildman–Crippen MR) is 78.8 cm³/mol. The van der Waals surface area contributed by atoms with Crippen LogP contribution in [-0.4, -0.2) is 38.3 Å². The lowest BCUT2D eigenvalue weighted by molar-refractivity contribution is 0.0567. The summed E-state index contributed by atoms with van der Waals surface area (Å²) in [7, 11) is 0. The Balaban J connectivity index is 1.94. The van der Waals surface area contributed by atoms with Gasteiger partial charge in [0.25, 0.3) is 5.91 Å². The molecule has 0 spiro atoms. The first-order chi connectivity index (χ1) is 10.2. The quantitative estimate of drug-likeness (QED) is 0.911. The molecule has 2 aromatic rings. The summed E-state index contributed by atoms with van der Waals surface area (Å²) < 4.78 is 1.91. The van der Waals surface area contributed by atoms with E-state index in [0.29, 0.717) is 18.5 Å². The van der Waals surface area contributed by atoms with E-state index in [1.807, 2.05) is 41.9 Å². The van der Waals surface area contributed by atoms with Gasteiger partial charge in [-0.3, -0.25) is 9.48 Å². The number of fused-ring (bicyclic) bond motifs is 1. The second kappa shape index (κ2) is 5.69. The van der Waals surface area contributed by atoms with Crippen molar-refractivity contribution in [3.8, 4) is 0 Å². The summed E-state index contributed by atoms with van der Waals surface area (Å²) in [6.45, 7) is 3.12. The number of rotatable bonds is 2. The normalized spacial score (nSPS) is 18.2. The van der Waals surface area contributed by atoms with Crippen molar-refractivity contribution in [2.75, 3.05) is 6.61 Å². The number of carbonyl (C=O) groups is 1. The number of hydrogen-bond acceptors (Lipinski definition) is 3. The van der Waals surface area contributed by atoms with Crippen molar-refractivity contribution in [2.24, 2.45) is 0 Å². The van der Waals surface area contributed by atoms with Crippen LogP contribution >= 0.6 is 0 Å². The third-order valence-electron chi connectivity index (χ3n) is 4.10. The van der Waals surface area contributed by atoms with Crippen molar-refractivity contribution in [3.05, 3.63) is 53.3 Å². The average Bonchev–Trinajstić information content (AvgIpc) is 2.86. The van der Waals surface area contributed by atoms with Crippen LogP contribution in [0.1, 0.15) is 28.0 Å². The molecule has 0 bridgehead atoms. The number of benzene rings is 1. The van der Waals surface area contributed by atoms with E-state index < -0.39 is 0 Å². The van der Waals surface area contributed by atoms with E-state index in [1.54, 1.807) is 11.1 Å². The van der Waals surface area contributed by atoms with Gasteiger partial charge >= 0.3 is 0 Å². The van der Waals surface area contributed by atoms with Gasteiger partial charge in [-0.25, -0.2) is 0 Å². The molecular weight excluding hydrogens is 266 g/mol. The number of aryl methyl sites for hydroxylation is 2. The van der Waals surface area contributed by atoms with Crippen molar-refractivity contribution in [1.29, 1.82) is 0 Å². The Kier molecular flexibility index (Phi) is 3.75. The lowest BCUT2D eigenvalue weighted by Gasteiger charge is -2.28. The Bertz CT molecular complexity index is 650. The summed E-state index contributed by atoms with van der Waals surface area (Å²) in [4.78, 5) is 14.6. The van der Waals surface area contributed by atoms with E-state index in [9.17, 15) is 9.90 Å². The highest BCUT2D eigenvalue weighted by atomic mass is 16.3. The summed E-state index contributed by atoms with van der Waals surface area (Å²) >= 11 is 0. The molecule has 0 saturated heterocycles. The molecule has 0 aliphatic carbocycles. The Morgan fingerprint density at radius 3 is 2.95 bits per heavy atom. The zero-order valence-electron chi connectivity index (χ0n) is 12.1. The van der Waals surface area contributed by atoms with Gasteiger partial charge in [0.05, 0.1) is 24.9 Å². The Morgan fingerprint density at radius 2 is 2.19 bits per heavy atom. The first-order valence-electron chi connectivity index (χ1n) is 7.19. The van der Waals surface area contributed by atoms with Gasteiger partial charge < -0.3 is 10.0 Å². The molecule has 5 nitrogen and oxygen atoms in total. The molecule has 1 atom stereocenters. The fourth-order valence-corrected chi connectivity index (χ4v) is 2.82. The van der Waals surface area contributed by atoms with Crippen LogP contribution in [0.2, 0.25) is 0 Å². The minimum absolute atomic E-state index is 0.0253. The van der Waals surface area contributed by atoms with Crippen LogP contribution in [0, 0.1) is 6.92 Å². The van der Waals surface area contributed by atoms with Crippen molar-refractivity contribution in [3.63, 3.8) is 0 Å². The summed E-state index contributed by atoms with van der Waals surface area (Å²) in [5.41, 5.74) is 2.66. The van der Waals surface area contributed by atoms with Gasteiger partial charge in [0, 0.05) is 18.3 Å². The second-order valence-corrected chi connectivity index (χ2v) is 5.42. The summed E-state index contributed by atoms with van der Waals surface area (Å²) in [5.74, 6) is -0.0261. The van der Waals surface area contributed by atoms with Gasteiger partial charge in [0.15, 0.2) is 0 Å². The van der Waals surface area contributed by atoms with E-state index in [1.165, 1.54) is 0 Å². The first kappa shape index (κ1) is 13.8. The van der Waals surface area contributed by atoms with Crippen LogP contribution in [0.25, 0.3) is 0 Å². The van der Waals surface area contributed by atoms with Gasteiger partial charge in [0.2, 0.25) is 0 Å². The van der Waals surface area contributed by atoms with Gasteiger partial charge in [-0.05, 0) is 31.0 Å². The zero-order chi connectivity index (χ0) is 14.8. The molecule has 5 heteroatoms. The lowest BCUT2D eigenvalue weighted by Crippen LogP contribution is -2.41. The highest BCUT2D eigenvalue weighted by molar-refractivity contribution is 5.95. The minimum atomic E-state index is -0.168. The maximum absolute atomic E-state index is 12.9. The van der Waals surface area contributed by atoms with Crippen molar-refractivity contribution >= 4 is 5.91 Å². The molecular formula is C16H19N3O2. The number of carbonyl (C=O) groups excluding carboxylic acids is 1. The van der Waals surface area contributed by atoms with Crippen LogP contribution < -0.4 is 0 Å². The molecule has 21 heavy (non-hydrogen) atoms. The fourth-order valence-electron chi connectivity index (χ4n) is 2.82. The standard InChI is InChI=1S/C16H19N3O2/c1-12-4-2-3-5-15(12)16(21)18-10-13-6-8-17-19(13)9-7-14(18)11-20/h2-6,8,14,20H,7,9-11H2,1H3. The Morgan fingerprint density at radius 1 is 1.38 bits per heavy atom. The topological polar surface area (TPSA) is 58.4 Å². The minimum Gasteiger partial charge on any atom is -0.394 e. The molecule has 1 aliphatic rings. The largest absolute Gasteiger partial charge is 0.394 e. The SMILES string of the molecule is Cc1ccccc1C(=O)N1Cc2ccnn2CCC1CO. The highest BCUT2D eigenvalue weighted by Gasteiger charge is 2.28. The lowest BCUT2D eigenvalue weighted by atomic mass is 10.1. The van der Waals surface area contributed by atoms with Crippen molar-refractivity contribution in [2.45, 2.75) is 32.5 Å².